The molecule has 0 aliphatic heterocycles. The summed E-state index contributed by atoms with van der Waals surface area (Å²) in [6, 6.07) is 21.9. The zero-order valence-electron chi connectivity index (χ0n) is 13.4. The molecule has 26 heavy (non-hydrogen) atoms. The van der Waals surface area contributed by atoms with Crippen molar-refractivity contribution < 1.29 is 9.47 Å². The molecule has 4 nitrogen and oxygen atoms in total. The number of ether oxygens (including phenoxy) is 2. The first-order valence-electron chi connectivity index (χ1n) is 7.81. The molecule has 0 bridgehead atoms. The molecule has 4 aromatic rings. The van der Waals surface area contributed by atoms with Gasteiger partial charge in [0.1, 0.15) is 21.8 Å². The normalized spacial score (nSPS) is 10.7. The number of nitrogens with zero attached hydrogens (tertiary/aromatic N) is 2. The van der Waals surface area contributed by atoms with E-state index in [-0.39, 0.29) is 0 Å². The summed E-state index contributed by atoms with van der Waals surface area (Å²) in [5, 5.41) is 2.66. The van der Waals surface area contributed by atoms with Crippen LogP contribution >= 0.6 is 23.2 Å². The van der Waals surface area contributed by atoms with Gasteiger partial charge in [-0.05, 0) is 41.8 Å². The van der Waals surface area contributed by atoms with Gasteiger partial charge < -0.3 is 9.47 Å². The van der Waals surface area contributed by atoms with Gasteiger partial charge in [0.2, 0.25) is 11.8 Å². The predicted octanol–water partition coefficient (Wildman–Crippen LogP) is 6.52. The molecule has 2 aromatic heterocycles. The number of aromatic nitrogens is 2. The van der Waals surface area contributed by atoms with Crippen molar-refractivity contribution in [2.75, 3.05) is 0 Å². The molecule has 0 aliphatic rings. The molecule has 0 aliphatic carbocycles. The van der Waals surface area contributed by atoms with Crippen molar-refractivity contribution in [3.8, 4) is 23.3 Å². The van der Waals surface area contributed by atoms with Crippen molar-refractivity contribution in [1.29, 1.82) is 0 Å². The average Bonchev–Trinajstić information content (AvgIpc) is 2.62. The molecule has 0 saturated heterocycles. The second kappa shape index (κ2) is 7.20. The lowest BCUT2D eigenvalue weighted by Crippen LogP contribution is -1.90. The van der Waals surface area contributed by atoms with Crippen molar-refractivity contribution in [2.45, 2.75) is 0 Å². The van der Waals surface area contributed by atoms with E-state index in [0.717, 1.165) is 10.8 Å². The molecule has 6 heteroatoms. The Morgan fingerprint density at radius 3 is 2.00 bits per heavy atom. The quantitative estimate of drug-likeness (QED) is 0.376. The molecule has 0 radical (unpaired) electrons. The summed E-state index contributed by atoms with van der Waals surface area (Å²) < 4.78 is 11.7. The van der Waals surface area contributed by atoms with E-state index in [9.17, 15) is 0 Å². The maximum Gasteiger partial charge on any atom is 0.220 e. The molecule has 128 valence electrons. The first-order valence-corrected chi connectivity index (χ1v) is 8.56. The minimum Gasteiger partial charge on any atom is -0.439 e. The molecule has 2 heterocycles. The molecule has 0 atom stereocenters. The molecule has 0 spiro atoms. The van der Waals surface area contributed by atoms with E-state index in [4.69, 9.17) is 32.7 Å². The first-order chi connectivity index (χ1) is 12.7. The van der Waals surface area contributed by atoms with E-state index in [0.29, 0.717) is 33.6 Å². The lowest BCUT2D eigenvalue weighted by molar-refractivity contribution is 0.463. The molecule has 2 aromatic carbocycles. The monoisotopic (exact) mass is 382 g/mol. The molecule has 0 amide bonds. The van der Waals surface area contributed by atoms with Crippen LogP contribution in [0.4, 0.5) is 0 Å². The molecular weight excluding hydrogens is 371 g/mol. The maximum absolute atomic E-state index is 5.92. The lowest BCUT2D eigenvalue weighted by Gasteiger charge is -2.10. The fourth-order valence-electron chi connectivity index (χ4n) is 2.51. The minimum atomic E-state index is 0.382. The van der Waals surface area contributed by atoms with Crippen LogP contribution in [0, 0.1) is 0 Å². The van der Waals surface area contributed by atoms with Gasteiger partial charge in [0, 0.05) is 17.5 Å². The standard InChI is InChI=1S/C20H12Cl2N2O2/c21-17-6-2-8-19(23-17)25-14-10-11-15-13(12-14)4-1-5-16(15)26-20-9-3-7-18(22)24-20/h1-12H. The summed E-state index contributed by atoms with van der Waals surface area (Å²) in [6.07, 6.45) is 0. The van der Waals surface area contributed by atoms with E-state index < -0.39 is 0 Å². The van der Waals surface area contributed by atoms with Gasteiger partial charge in [-0.25, -0.2) is 9.97 Å². The third-order valence-electron chi connectivity index (χ3n) is 3.63. The summed E-state index contributed by atoms with van der Waals surface area (Å²) in [5.41, 5.74) is 0. The Labute approximate surface area is 160 Å². The maximum atomic E-state index is 5.92. The van der Waals surface area contributed by atoms with Gasteiger partial charge in [-0.2, -0.15) is 0 Å². The van der Waals surface area contributed by atoms with E-state index >= 15 is 0 Å². The molecule has 4 rings (SSSR count). The van der Waals surface area contributed by atoms with Crippen LogP contribution in [0.25, 0.3) is 10.8 Å². The van der Waals surface area contributed by atoms with Gasteiger partial charge in [-0.3, -0.25) is 0 Å². The van der Waals surface area contributed by atoms with E-state index in [2.05, 4.69) is 9.97 Å². The molecule has 0 saturated carbocycles. The summed E-state index contributed by atoms with van der Waals surface area (Å²) in [5.74, 6) is 2.22. The minimum absolute atomic E-state index is 0.382. The third kappa shape index (κ3) is 3.72. The van der Waals surface area contributed by atoms with Crippen LogP contribution in [-0.2, 0) is 0 Å². The van der Waals surface area contributed by atoms with E-state index in [1.54, 1.807) is 36.4 Å². The zero-order valence-corrected chi connectivity index (χ0v) is 14.9. The fraction of sp³-hybridized carbons (Fsp3) is 0. The largest absolute Gasteiger partial charge is 0.439 e. The van der Waals surface area contributed by atoms with Crippen molar-refractivity contribution >= 4 is 34.0 Å². The van der Waals surface area contributed by atoms with Gasteiger partial charge in [0.05, 0.1) is 0 Å². The summed E-state index contributed by atoms with van der Waals surface area (Å²) in [7, 11) is 0. The Hall–Kier alpha value is -2.82. The van der Waals surface area contributed by atoms with Crippen LogP contribution in [0.5, 0.6) is 23.3 Å². The van der Waals surface area contributed by atoms with Gasteiger partial charge in [-0.15, -0.1) is 0 Å². The second-order valence-electron chi connectivity index (χ2n) is 5.44. The van der Waals surface area contributed by atoms with E-state index in [1.807, 2.05) is 36.4 Å². The van der Waals surface area contributed by atoms with Crippen LogP contribution in [-0.4, -0.2) is 9.97 Å². The fourth-order valence-corrected chi connectivity index (χ4v) is 2.82. The SMILES string of the molecule is Clc1cccc(Oc2ccc3c(Oc4cccc(Cl)n4)cccc3c2)n1. The van der Waals surface area contributed by atoms with Crippen molar-refractivity contribution in [1.82, 2.24) is 9.97 Å². The average molecular weight is 383 g/mol. The summed E-state index contributed by atoms with van der Waals surface area (Å²) in [4.78, 5) is 8.28. The van der Waals surface area contributed by atoms with Crippen molar-refractivity contribution in [3.05, 3.63) is 83.1 Å². The van der Waals surface area contributed by atoms with Gasteiger partial charge in [-0.1, -0.05) is 47.5 Å². The molecule has 0 unspecified atom stereocenters. The number of rotatable bonds is 4. The van der Waals surface area contributed by atoms with Crippen LogP contribution < -0.4 is 9.47 Å². The zero-order chi connectivity index (χ0) is 17.9. The Kier molecular flexibility index (Phi) is 4.61. The summed E-state index contributed by atoms with van der Waals surface area (Å²) in [6.45, 7) is 0. The molecular formula is C20H12Cl2N2O2. The second-order valence-corrected chi connectivity index (χ2v) is 6.21. The number of hydrogen-bond donors (Lipinski definition) is 0. The van der Waals surface area contributed by atoms with Gasteiger partial charge >= 0.3 is 0 Å². The number of benzene rings is 2. The summed E-state index contributed by atoms with van der Waals surface area (Å²) >= 11 is 11.8. The smallest absolute Gasteiger partial charge is 0.220 e. The third-order valence-corrected chi connectivity index (χ3v) is 4.05. The Bertz CT molecular complexity index is 1090. The highest BCUT2D eigenvalue weighted by atomic mass is 35.5. The Morgan fingerprint density at radius 1 is 0.654 bits per heavy atom. The highest BCUT2D eigenvalue weighted by molar-refractivity contribution is 6.29. The number of pyridine rings is 2. The number of hydrogen-bond acceptors (Lipinski definition) is 4. The lowest BCUT2D eigenvalue weighted by atomic mass is 10.1. The van der Waals surface area contributed by atoms with Crippen LogP contribution in [0.3, 0.4) is 0 Å². The van der Waals surface area contributed by atoms with E-state index in [1.165, 1.54) is 0 Å². The predicted molar refractivity (Wildman–Crippen MR) is 103 cm³/mol. The number of halogens is 2. The van der Waals surface area contributed by atoms with Crippen molar-refractivity contribution in [2.24, 2.45) is 0 Å². The van der Waals surface area contributed by atoms with Crippen molar-refractivity contribution in [3.63, 3.8) is 0 Å². The van der Waals surface area contributed by atoms with Gasteiger partial charge in [0.15, 0.2) is 0 Å². The highest BCUT2D eigenvalue weighted by Crippen LogP contribution is 2.33. The van der Waals surface area contributed by atoms with Crippen LogP contribution in [0.15, 0.2) is 72.8 Å². The first kappa shape index (κ1) is 16.6. The van der Waals surface area contributed by atoms with Gasteiger partial charge in [0.25, 0.3) is 0 Å². The molecule has 0 fully saturated rings. The Balaban J connectivity index is 1.65. The molecule has 0 N–H and O–H groups in total. The van der Waals surface area contributed by atoms with Crippen LogP contribution in [0.1, 0.15) is 0 Å². The Morgan fingerprint density at radius 2 is 1.31 bits per heavy atom. The highest BCUT2D eigenvalue weighted by Gasteiger charge is 2.07. The van der Waals surface area contributed by atoms with Crippen LogP contribution in [0.2, 0.25) is 10.3 Å². The topological polar surface area (TPSA) is 44.2 Å². The number of fused-ring (bicyclic) bond motifs is 1.